The number of anilines is 1. The molecule has 0 unspecified atom stereocenters. The molecule has 1 aliphatic rings. The van der Waals surface area contributed by atoms with Gasteiger partial charge in [0.2, 0.25) is 0 Å². The van der Waals surface area contributed by atoms with E-state index >= 15 is 0 Å². The minimum absolute atomic E-state index is 0. The van der Waals surface area contributed by atoms with Gasteiger partial charge in [0.15, 0.2) is 5.96 Å². The molecule has 1 N–H and O–H groups in total. The smallest absolute Gasteiger partial charge is 0.309 e. The highest BCUT2D eigenvalue weighted by Gasteiger charge is 2.27. The lowest BCUT2D eigenvalue weighted by atomic mass is 9.97. The first kappa shape index (κ1) is 25.5. The Morgan fingerprint density at radius 2 is 1.86 bits per heavy atom. The topological polar surface area (TPSA) is 57.2 Å². The van der Waals surface area contributed by atoms with E-state index in [0.29, 0.717) is 6.61 Å². The zero-order chi connectivity index (χ0) is 20.4. The van der Waals surface area contributed by atoms with Gasteiger partial charge in [-0.1, -0.05) is 12.1 Å². The van der Waals surface area contributed by atoms with Crippen molar-refractivity contribution in [1.29, 1.82) is 0 Å². The quantitative estimate of drug-likeness (QED) is 0.188. The summed E-state index contributed by atoms with van der Waals surface area (Å²) >= 11 is 0. The summed E-state index contributed by atoms with van der Waals surface area (Å²) in [5, 5.41) is 3.39. The predicted molar refractivity (Wildman–Crippen MR) is 131 cm³/mol. The maximum Gasteiger partial charge on any atom is 0.309 e. The molecule has 0 aliphatic carbocycles. The number of likely N-dealkylation sites (tertiary alicyclic amines) is 1. The summed E-state index contributed by atoms with van der Waals surface area (Å²) in [4.78, 5) is 21.1. The fraction of sp³-hybridized carbons (Fsp3) is 0.636. The molecule has 0 amide bonds. The first-order chi connectivity index (χ1) is 13.5. The highest BCUT2D eigenvalue weighted by atomic mass is 127. The van der Waals surface area contributed by atoms with Crippen LogP contribution in [0.1, 0.15) is 38.7 Å². The van der Waals surface area contributed by atoms with Gasteiger partial charge in [-0.3, -0.25) is 9.79 Å². The molecule has 1 aliphatic heterocycles. The molecule has 164 valence electrons. The van der Waals surface area contributed by atoms with Crippen LogP contribution in [0.15, 0.2) is 29.3 Å². The Kier molecular flexibility index (Phi) is 12.0. The molecule has 1 fully saturated rings. The molecular weight excluding hydrogens is 479 g/mol. The van der Waals surface area contributed by atoms with Crippen molar-refractivity contribution >= 4 is 41.6 Å². The lowest BCUT2D eigenvalue weighted by Crippen LogP contribution is -2.46. The minimum Gasteiger partial charge on any atom is -0.466 e. The third-order valence-corrected chi connectivity index (χ3v) is 5.09. The van der Waals surface area contributed by atoms with Crippen molar-refractivity contribution in [3.05, 3.63) is 29.8 Å². The van der Waals surface area contributed by atoms with Crippen LogP contribution >= 0.6 is 24.0 Å². The van der Waals surface area contributed by atoms with E-state index in [9.17, 15) is 4.79 Å². The molecule has 6 nitrogen and oxygen atoms in total. The van der Waals surface area contributed by atoms with Crippen LogP contribution in [0.25, 0.3) is 0 Å². The molecule has 0 spiro atoms. The number of rotatable bonds is 8. The lowest BCUT2D eigenvalue weighted by molar-refractivity contribution is -0.149. The van der Waals surface area contributed by atoms with E-state index < -0.39 is 0 Å². The Balaban J connectivity index is 0.00000420. The van der Waals surface area contributed by atoms with Gasteiger partial charge in [-0.05, 0) is 57.2 Å². The van der Waals surface area contributed by atoms with Crippen molar-refractivity contribution < 1.29 is 9.53 Å². The standard InChI is InChI=1S/C22H36N4O2.HI/c1-5-23-22(26-16-13-19(14-17-26)21(27)28-6-2)24-15-7-8-18-9-11-20(12-10-18)25(3)4;/h9-12,19H,5-8,13-17H2,1-4H3,(H,23,24);1H. The van der Waals surface area contributed by atoms with Crippen LogP contribution in [0.3, 0.4) is 0 Å². The molecule has 0 bridgehead atoms. The second-order valence-corrected chi connectivity index (χ2v) is 7.41. The average molecular weight is 516 g/mol. The average Bonchev–Trinajstić information content (AvgIpc) is 2.71. The number of esters is 1. The predicted octanol–water partition coefficient (Wildman–Crippen LogP) is 3.54. The molecule has 1 saturated heterocycles. The Morgan fingerprint density at radius 1 is 1.21 bits per heavy atom. The number of carbonyl (C=O) groups excluding carboxylic acids is 1. The van der Waals surface area contributed by atoms with E-state index in [1.807, 2.05) is 6.92 Å². The van der Waals surface area contributed by atoms with Crippen molar-refractivity contribution in [2.24, 2.45) is 10.9 Å². The van der Waals surface area contributed by atoms with Gasteiger partial charge in [0, 0.05) is 46.0 Å². The minimum atomic E-state index is -0.0515. The van der Waals surface area contributed by atoms with Crippen LogP contribution in [-0.4, -0.2) is 63.7 Å². The van der Waals surface area contributed by atoms with E-state index in [1.54, 1.807) is 0 Å². The van der Waals surface area contributed by atoms with Gasteiger partial charge >= 0.3 is 5.97 Å². The molecule has 0 saturated carbocycles. The van der Waals surface area contributed by atoms with Gasteiger partial charge in [-0.15, -0.1) is 24.0 Å². The molecule has 7 heteroatoms. The first-order valence-electron chi connectivity index (χ1n) is 10.5. The summed E-state index contributed by atoms with van der Waals surface area (Å²) in [6, 6.07) is 8.72. The number of guanidine groups is 1. The van der Waals surface area contributed by atoms with Crippen LogP contribution in [0, 0.1) is 5.92 Å². The molecule has 0 atom stereocenters. The number of aryl methyl sites for hydroxylation is 1. The number of aliphatic imine (C=N–C) groups is 1. The Bertz CT molecular complexity index is 626. The molecule has 0 aromatic heterocycles. The number of hydrogen-bond donors (Lipinski definition) is 1. The second-order valence-electron chi connectivity index (χ2n) is 7.41. The van der Waals surface area contributed by atoms with Crippen LogP contribution in [0.2, 0.25) is 0 Å². The summed E-state index contributed by atoms with van der Waals surface area (Å²) < 4.78 is 5.16. The SMILES string of the molecule is CCNC(=NCCCc1ccc(N(C)C)cc1)N1CCC(C(=O)OCC)CC1.I. The van der Waals surface area contributed by atoms with Crippen LogP contribution < -0.4 is 10.2 Å². The molecule has 2 rings (SSSR count). The maximum absolute atomic E-state index is 11.9. The number of piperidine rings is 1. The summed E-state index contributed by atoms with van der Waals surface area (Å²) in [7, 11) is 4.11. The normalized spacial score (nSPS) is 14.9. The van der Waals surface area contributed by atoms with Gasteiger partial charge in [0.25, 0.3) is 0 Å². The van der Waals surface area contributed by atoms with Crippen LogP contribution in [0.5, 0.6) is 0 Å². The highest BCUT2D eigenvalue weighted by molar-refractivity contribution is 14.0. The van der Waals surface area contributed by atoms with Gasteiger partial charge in [-0.25, -0.2) is 0 Å². The van der Waals surface area contributed by atoms with Crippen LogP contribution in [-0.2, 0) is 16.0 Å². The number of ether oxygens (including phenoxy) is 1. The summed E-state index contributed by atoms with van der Waals surface area (Å²) in [5.41, 5.74) is 2.57. The molecule has 1 aromatic rings. The zero-order valence-electron chi connectivity index (χ0n) is 18.3. The van der Waals surface area contributed by atoms with Gasteiger partial charge in [0.1, 0.15) is 0 Å². The lowest BCUT2D eigenvalue weighted by Gasteiger charge is -2.33. The molecule has 1 aromatic carbocycles. The first-order valence-corrected chi connectivity index (χ1v) is 10.5. The molecular formula is C22H37IN4O2. The fourth-order valence-electron chi connectivity index (χ4n) is 3.44. The molecule has 1 heterocycles. The number of nitrogens with one attached hydrogen (secondary N) is 1. The highest BCUT2D eigenvalue weighted by Crippen LogP contribution is 2.19. The van der Waals surface area contributed by atoms with E-state index in [-0.39, 0.29) is 35.9 Å². The number of nitrogens with zero attached hydrogens (tertiary/aromatic N) is 3. The Labute approximate surface area is 193 Å². The summed E-state index contributed by atoms with van der Waals surface area (Å²) in [6.45, 7) is 7.76. The fourth-order valence-corrected chi connectivity index (χ4v) is 3.44. The number of benzene rings is 1. The van der Waals surface area contributed by atoms with Crippen molar-refractivity contribution in [2.75, 3.05) is 51.8 Å². The summed E-state index contributed by atoms with van der Waals surface area (Å²) in [5.74, 6) is 0.946. The third-order valence-electron chi connectivity index (χ3n) is 5.09. The molecule has 0 radical (unpaired) electrons. The van der Waals surface area contributed by atoms with Crippen molar-refractivity contribution in [3.63, 3.8) is 0 Å². The van der Waals surface area contributed by atoms with Crippen LogP contribution in [0.4, 0.5) is 5.69 Å². The molecule has 29 heavy (non-hydrogen) atoms. The van der Waals surface area contributed by atoms with Crippen molar-refractivity contribution in [2.45, 2.75) is 39.5 Å². The van der Waals surface area contributed by atoms with E-state index in [2.05, 4.69) is 60.4 Å². The number of halogens is 1. The van der Waals surface area contributed by atoms with Crippen molar-refractivity contribution in [1.82, 2.24) is 10.2 Å². The third kappa shape index (κ3) is 8.40. The second kappa shape index (κ2) is 13.7. The monoisotopic (exact) mass is 516 g/mol. The van der Waals surface area contributed by atoms with E-state index in [4.69, 9.17) is 9.73 Å². The van der Waals surface area contributed by atoms with E-state index in [0.717, 1.165) is 57.8 Å². The van der Waals surface area contributed by atoms with Gasteiger partial charge in [0.05, 0.1) is 12.5 Å². The zero-order valence-corrected chi connectivity index (χ0v) is 20.6. The number of hydrogen-bond acceptors (Lipinski definition) is 4. The van der Waals surface area contributed by atoms with Gasteiger partial charge in [-0.2, -0.15) is 0 Å². The number of carbonyl (C=O) groups is 1. The maximum atomic E-state index is 11.9. The van der Waals surface area contributed by atoms with Gasteiger partial charge < -0.3 is 19.9 Å². The van der Waals surface area contributed by atoms with E-state index in [1.165, 1.54) is 11.3 Å². The van der Waals surface area contributed by atoms with Crippen molar-refractivity contribution in [3.8, 4) is 0 Å². The Hall–Kier alpha value is -1.51. The summed E-state index contributed by atoms with van der Waals surface area (Å²) in [6.07, 6.45) is 3.72. The largest absolute Gasteiger partial charge is 0.466 e. The Morgan fingerprint density at radius 3 is 2.41 bits per heavy atom.